The summed E-state index contributed by atoms with van der Waals surface area (Å²) in [5, 5.41) is 14.9. The molecule has 1 aromatic carbocycles. The smallest absolute Gasteiger partial charge is 0.0874 e. The van der Waals surface area contributed by atoms with Crippen LogP contribution >= 0.6 is 0 Å². The van der Waals surface area contributed by atoms with Gasteiger partial charge in [-0.15, -0.1) is 0 Å². The van der Waals surface area contributed by atoms with Gasteiger partial charge in [0.2, 0.25) is 0 Å². The number of rotatable bonds is 4. The van der Waals surface area contributed by atoms with Crippen LogP contribution in [-0.2, 0) is 19.1 Å². The zero-order chi connectivity index (χ0) is 14.0. The summed E-state index contributed by atoms with van der Waals surface area (Å²) in [6.07, 6.45) is 5.38. The first kappa shape index (κ1) is 13.8. The minimum atomic E-state index is -0.800. The second kappa shape index (κ2) is 5.17. The van der Waals surface area contributed by atoms with Gasteiger partial charge < -0.3 is 5.11 Å². The van der Waals surface area contributed by atoms with E-state index in [0.717, 1.165) is 23.1 Å². The highest BCUT2D eigenvalue weighted by molar-refractivity contribution is 5.34. The Morgan fingerprint density at radius 1 is 1.32 bits per heavy atom. The van der Waals surface area contributed by atoms with Crippen molar-refractivity contribution in [1.82, 2.24) is 9.78 Å². The normalized spacial score (nSPS) is 14.4. The minimum Gasteiger partial charge on any atom is -0.385 e. The van der Waals surface area contributed by atoms with E-state index in [2.05, 4.69) is 30.2 Å². The molecule has 0 aliphatic rings. The van der Waals surface area contributed by atoms with Crippen LogP contribution in [0, 0.1) is 13.8 Å². The summed E-state index contributed by atoms with van der Waals surface area (Å²) >= 11 is 0. The number of aromatic nitrogens is 2. The van der Waals surface area contributed by atoms with Crippen LogP contribution in [0.2, 0.25) is 0 Å². The zero-order valence-corrected chi connectivity index (χ0v) is 12.1. The van der Waals surface area contributed by atoms with Crippen molar-refractivity contribution in [2.45, 2.75) is 39.2 Å². The SMILES string of the molecule is Cc1ccc(C)c(C(C)(O)CCc2cnn(C)c2)c1. The topological polar surface area (TPSA) is 38.1 Å². The Bertz CT molecular complexity index is 570. The fourth-order valence-corrected chi connectivity index (χ4v) is 2.44. The third kappa shape index (κ3) is 3.24. The molecule has 2 aromatic rings. The van der Waals surface area contributed by atoms with Gasteiger partial charge in [0.15, 0.2) is 0 Å². The maximum Gasteiger partial charge on any atom is 0.0874 e. The summed E-state index contributed by atoms with van der Waals surface area (Å²) in [6, 6.07) is 6.23. The number of hydrogen-bond acceptors (Lipinski definition) is 2. The molecule has 0 saturated heterocycles. The van der Waals surface area contributed by atoms with Crippen molar-refractivity contribution in [2.24, 2.45) is 7.05 Å². The molecule has 1 atom stereocenters. The molecular weight excluding hydrogens is 236 g/mol. The highest BCUT2D eigenvalue weighted by Crippen LogP contribution is 2.29. The van der Waals surface area contributed by atoms with Crippen LogP contribution in [0.1, 0.15) is 35.6 Å². The van der Waals surface area contributed by atoms with E-state index in [1.54, 1.807) is 4.68 Å². The average Bonchev–Trinajstić information content (AvgIpc) is 2.76. The van der Waals surface area contributed by atoms with Crippen LogP contribution in [0.25, 0.3) is 0 Å². The molecule has 0 amide bonds. The van der Waals surface area contributed by atoms with E-state index < -0.39 is 5.60 Å². The summed E-state index contributed by atoms with van der Waals surface area (Å²) < 4.78 is 1.79. The largest absolute Gasteiger partial charge is 0.385 e. The molecule has 3 nitrogen and oxygen atoms in total. The molecule has 1 aromatic heterocycles. The lowest BCUT2D eigenvalue weighted by Crippen LogP contribution is -2.23. The molecule has 0 spiro atoms. The molecule has 0 radical (unpaired) electrons. The number of hydrogen-bond donors (Lipinski definition) is 1. The lowest BCUT2D eigenvalue weighted by molar-refractivity contribution is 0.0474. The highest BCUT2D eigenvalue weighted by atomic mass is 16.3. The van der Waals surface area contributed by atoms with Crippen molar-refractivity contribution >= 4 is 0 Å². The van der Waals surface area contributed by atoms with E-state index in [1.807, 2.05) is 33.3 Å². The summed E-state index contributed by atoms with van der Waals surface area (Å²) in [4.78, 5) is 0. The molecule has 3 heteroatoms. The number of aliphatic hydroxyl groups is 1. The molecule has 0 aliphatic carbocycles. The fourth-order valence-electron chi connectivity index (χ4n) is 2.44. The van der Waals surface area contributed by atoms with Crippen molar-refractivity contribution < 1.29 is 5.11 Å². The zero-order valence-electron chi connectivity index (χ0n) is 12.1. The maximum absolute atomic E-state index is 10.7. The number of nitrogens with zero attached hydrogens (tertiary/aromatic N) is 2. The van der Waals surface area contributed by atoms with Crippen molar-refractivity contribution in [1.29, 1.82) is 0 Å². The van der Waals surface area contributed by atoms with E-state index >= 15 is 0 Å². The van der Waals surface area contributed by atoms with Gasteiger partial charge in [-0.2, -0.15) is 5.10 Å². The van der Waals surface area contributed by atoms with E-state index in [-0.39, 0.29) is 0 Å². The Morgan fingerprint density at radius 2 is 2.05 bits per heavy atom. The number of benzene rings is 1. The van der Waals surface area contributed by atoms with Crippen LogP contribution in [-0.4, -0.2) is 14.9 Å². The first-order valence-electron chi connectivity index (χ1n) is 6.66. The van der Waals surface area contributed by atoms with Crippen LogP contribution in [0.3, 0.4) is 0 Å². The van der Waals surface area contributed by atoms with Gasteiger partial charge in [0.1, 0.15) is 0 Å². The lowest BCUT2D eigenvalue weighted by Gasteiger charge is -2.26. The standard InChI is InChI=1S/C16H22N2O/c1-12-5-6-13(2)15(9-12)16(3,19)8-7-14-10-17-18(4)11-14/h5-6,9-11,19H,7-8H2,1-4H3. The van der Waals surface area contributed by atoms with Gasteiger partial charge in [-0.3, -0.25) is 4.68 Å². The molecule has 0 fully saturated rings. The van der Waals surface area contributed by atoms with Gasteiger partial charge in [0.25, 0.3) is 0 Å². The Kier molecular flexibility index (Phi) is 3.76. The fraction of sp³-hybridized carbons (Fsp3) is 0.438. The molecule has 0 saturated carbocycles. The Morgan fingerprint density at radius 3 is 2.68 bits per heavy atom. The first-order valence-corrected chi connectivity index (χ1v) is 6.66. The van der Waals surface area contributed by atoms with E-state index in [1.165, 1.54) is 5.56 Å². The molecule has 102 valence electrons. The first-order chi connectivity index (χ1) is 8.88. The van der Waals surface area contributed by atoms with Crippen molar-refractivity contribution in [3.63, 3.8) is 0 Å². The molecule has 1 unspecified atom stereocenters. The lowest BCUT2D eigenvalue weighted by atomic mass is 9.86. The molecule has 1 N–H and O–H groups in total. The van der Waals surface area contributed by atoms with Gasteiger partial charge in [-0.05, 0) is 50.3 Å². The van der Waals surface area contributed by atoms with E-state index in [4.69, 9.17) is 0 Å². The predicted molar refractivity (Wildman–Crippen MR) is 77.0 cm³/mol. The van der Waals surface area contributed by atoms with Gasteiger partial charge >= 0.3 is 0 Å². The second-order valence-corrected chi connectivity index (χ2v) is 5.61. The second-order valence-electron chi connectivity index (χ2n) is 5.61. The molecule has 2 rings (SSSR count). The van der Waals surface area contributed by atoms with Crippen molar-refractivity contribution in [3.05, 3.63) is 52.8 Å². The van der Waals surface area contributed by atoms with Crippen LogP contribution in [0.4, 0.5) is 0 Å². The summed E-state index contributed by atoms with van der Waals surface area (Å²) in [5.74, 6) is 0. The molecule has 1 heterocycles. The third-order valence-electron chi connectivity index (χ3n) is 3.63. The van der Waals surface area contributed by atoms with Gasteiger partial charge in [0, 0.05) is 13.2 Å². The van der Waals surface area contributed by atoms with Crippen molar-refractivity contribution in [3.8, 4) is 0 Å². The Hall–Kier alpha value is -1.61. The third-order valence-corrected chi connectivity index (χ3v) is 3.63. The van der Waals surface area contributed by atoms with E-state index in [0.29, 0.717) is 6.42 Å². The molecule has 19 heavy (non-hydrogen) atoms. The Labute approximate surface area is 114 Å². The summed E-state index contributed by atoms with van der Waals surface area (Å²) in [5.41, 5.74) is 3.71. The number of aryl methyl sites for hydroxylation is 4. The van der Waals surface area contributed by atoms with Gasteiger partial charge in [-0.25, -0.2) is 0 Å². The molecular formula is C16H22N2O. The quantitative estimate of drug-likeness (QED) is 0.915. The monoisotopic (exact) mass is 258 g/mol. The van der Waals surface area contributed by atoms with Crippen LogP contribution in [0.5, 0.6) is 0 Å². The van der Waals surface area contributed by atoms with Gasteiger partial charge in [-0.1, -0.05) is 23.8 Å². The summed E-state index contributed by atoms with van der Waals surface area (Å²) in [6.45, 7) is 6.00. The van der Waals surface area contributed by atoms with Crippen LogP contribution in [0.15, 0.2) is 30.6 Å². The average molecular weight is 258 g/mol. The van der Waals surface area contributed by atoms with Crippen molar-refractivity contribution in [2.75, 3.05) is 0 Å². The summed E-state index contributed by atoms with van der Waals surface area (Å²) in [7, 11) is 1.91. The minimum absolute atomic E-state index is 0.697. The van der Waals surface area contributed by atoms with Gasteiger partial charge in [0.05, 0.1) is 11.8 Å². The van der Waals surface area contributed by atoms with Crippen LogP contribution < -0.4 is 0 Å². The Balaban J connectivity index is 2.15. The predicted octanol–water partition coefficient (Wildman–Crippen LogP) is 2.88. The van der Waals surface area contributed by atoms with E-state index in [9.17, 15) is 5.11 Å². The molecule has 0 aliphatic heterocycles. The maximum atomic E-state index is 10.7. The highest BCUT2D eigenvalue weighted by Gasteiger charge is 2.24. The molecule has 0 bridgehead atoms.